The quantitative estimate of drug-likeness (QED) is 0.765. The van der Waals surface area contributed by atoms with Gasteiger partial charge in [0, 0.05) is 25.6 Å². The van der Waals surface area contributed by atoms with Gasteiger partial charge in [-0.3, -0.25) is 4.90 Å². The summed E-state index contributed by atoms with van der Waals surface area (Å²) in [6.45, 7) is 7.39. The molecule has 0 aromatic carbocycles. The van der Waals surface area contributed by atoms with Crippen LogP contribution in [0.2, 0.25) is 0 Å². The Hall–Kier alpha value is -1.30. The number of hydrogen-bond donors (Lipinski definition) is 1. The van der Waals surface area contributed by atoms with Gasteiger partial charge in [0.1, 0.15) is 11.6 Å². The molecule has 1 amide bonds. The number of ether oxygens (including phenoxy) is 1. The van der Waals surface area contributed by atoms with Crippen LogP contribution in [0, 0.1) is 11.8 Å². The Morgan fingerprint density at radius 3 is 2.37 bits per heavy atom. The third-order valence-electron chi connectivity index (χ3n) is 3.73. The average Bonchev–Trinajstić information content (AvgIpc) is 2.69. The number of aliphatic carboxylic acids is 1. The van der Waals surface area contributed by atoms with Crippen molar-refractivity contribution in [1.29, 1.82) is 0 Å². The number of hydrogen-bond acceptors (Lipinski definition) is 4. The number of fused-ring (bicyclic) bond motifs is 1. The van der Waals surface area contributed by atoms with Gasteiger partial charge in [0.2, 0.25) is 0 Å². The first kappa shape index (κ1) is 14.1. The zero-order chi connectivity index (χ0) is 14.4. The van der Waals surface area contributed by atoms with Crippen LogP contribution in [-0.2, 0) is 9.53 Å². The van der Waals surface area contributed by atoms with Crippen LogP contribution < -0.4 is 0 Å². The molecule has 2 heterocycles. The molecule has 2 fully saturated rings. The van der Waals surface area contributed by atoms with Crippen molar-refractivity contribution in [1.82, 2.24) is 9.80 Å². The fourth-order valence-electron chi connectivity index (χ4n) is 3.09. The normalized spacial score (nSPS) is 31.4. The number of likely N-dealkylation sites (tertiary alicyclic amines) is 2. The second kappa shape index (κ2) is 4.67. The number of carboxylic acids is 1. The summed E-state index contributed by atoms with van der Waals surface area (Å²) >= 11 is 0. The molecule has 2 aliphatic rings. The van der Waals surface area contributed by atoms with E-state index in [9.17, 15) is 14.7 Å². The van der Waals surface area contributed by atoms with Gasteiger partial charge in [-0.25, -0.2) is 9.59 Å². The Morgan fingerprint density at radius 1 is 1.21 bits per heavy atom. The zero-order valence-electron chi connectivity index (χ0n) is 11.9. The number of amides is 1. The molecule has 19 heavy (non-hydrogen) atoms. The van der Waals surface area contributed by atoms with E-state index < -0.39 is 23.7 Å². The number of carboxylic acid groups (broad SMARTS) is 1. The zero-order valence-corrected chi connectivity index (χ0v) is 11.9. The minimum atomic E-state index is -0.936. The van der Waals surface area contributed by atoms with E-state index in [1.807, 2.05) is 7.05 Å². The standard InChI is InChI=1S/C13H22N2O4/c1-13(2,3)19-12(18)15-6-8-5-14(4)7-9(8)10(15)11(16)17/h8-10H,5-7H2,1-4H3,(H,16,17). The summed E-state index contributed by atoms with van der Waals surface area (Å²) < 4.78 is 5.30. The number of carbonyl (C=O) groups excluding carboxylic acids is 1. The Labute approximate surface area is 113 Å². The fraction of sp³-hybridized carbons (Fsp3) is 0.846. The van der Waals surface area contributed by atoms with E-state index >= 15 is 0 Å². The Kier molecular flexibility index (Phi) is 3.47. The molecule has 1 N–H and O–H groups in total. The van der Waals surface area contributed by atoms with Crippen molar-refractivity contribution < 1.29 is 19.4 Å². The van der Waals surface area contributed by atoms with E-state index in [0.29, 0.717) is 6.54 Å². The first-order valence-corrected chi connectivity index (χ1v) is 6.60. The van der Waals surface area contributed by atoms with E-state index in [-0.39, 0.29) is 11.8 Å². The highest BCUT2D eigenvalue weighted by molar-refractivity contribution is 5.81. The van der Waals surface area contributed by atoms with Gasteiger partial charge in [0.15, 0.2) is 0 Å². The van der Waals surface area contributed by atoms with Gasteiger partial charge in [-0.1, -0.05) is 0 Å². The van der Waals surface area contributed by atoms with Crippen LogP contribution in [0.4, 0.5) is 4.79 Å². The Bertz CT molecular complexity index is 391. The van der Waals surface area contributed by atoms with E-state index in [1.54, 1.807) is 20.8 Å². The molecule has 0 aromatic heterocycles. The maximum Gasteiger partial charge on any atom is 0.411 e. The highest BCUT2D eigenvalue weighted by Crippen LogP contribution is 2.36. The van der Waals surface area contributed by atoms with Crippen LogP contribution in [0.5, 0.6) is 0 Å². The van der Waals surface area contributed by atoms with Crippen molar-refractivity contribution in [3.05, 3.63) is 0 Å². The molecular formula is C13H22N2O4. The summed E-state index contributed by atoms with van der Waals surface area (Å²) in [6.07, 6.45) is -0.517. The molecule has 0 aromatic rings. The van der Waals surface area contributed by atoms with E-state index in [2.05, 4.69) is 4.90 Å². The largest absolute Gasteiger partial charge is 0.480 e. The Balaban J connectivity index is 2.13. The second-order valence-electron chi connectivity index (χ2n) is 6.56. The van der Waals surface area contributed by atoms with Crippen molar-refractivity contribution in [3.63, 3.8) is 0 Å². The first-order valence-electron chi connectivity index (χ1n) is 6.60. The number of rotatable bonds is 1. The smallest absolute Gasteiger partial charge is 0.411 e. The lowest BCUT2D eigenvalue weighted by atomic mass is 9.94. The van der Waals surface area contributed by atoms with Crippen LogP contribution in [0.3, 0.4) is 0 Å². The monoisotopic (exact) mass is 270 g/mol. The van der Waals surface area contributed by atoms with Crippen LogP contribution in [0.25, 0.3) is 0 Å². The third-order valence-corrected chi connectivity index (χ3v) is 3.73. The van der Waals surface area contributed by atoms with Crippen LogP contribution in [0.15, 0.2) is 0 Å². The highest BCUT2D eigenvalue weighted by atomic mass is 16.6. The SMILES string of the molecule is CN1CC2CN(C(=O)OC(C)(C)C)C(C(=O)O)C2C1. The molecule has 6 nitrogen and oxygen atoms in total. The second-order valence-corrected chi connectivity index (χ2v) is 6.56. The van der Waals surface area contributed by atoms with Crippen molar-refractivity contribution in [3.8, 4) is 0 Å². The van der Waals surface area contributed by atoms with Gasteiger partial charge < -0.3 is 14.7 Å². The van der Waals surface area contributed by atoms with E-state index in [4.69, 9.17) is 4.74 Å². The average molecular weight is 270 g/mol. The molecule has 0 aliphatic carbocycles. The minimum absolute atomic E-state index is 0.00928. The molecule has 2 aliphatic heterocycles. The molecule has 108 valence electrons. The van der Waals surface area contributed by atoms with Crippen LogP contribution in [0.1, 0.15) is 20.8 Å². The third kappa shape index (κ3) is 2.83. The van der Waals surface area contributed by atoms with E-state index in [0.717, 1.165) is 13.1 Å². The summed E-state index contributed by atoms with van der Waals surface area (Å²) in [5.41, 5.74) is -0.603. The topological polar surface area (TPSA) is 70.1 Å². The summed E-state index contributed by atoms with van der Waals surface area (Å²) in [7, 11) is 1.98. The van der Waals surface area contributed by atoms with Crippen molar-refractivity contribution >= 4 is 12.1 Å². The van der Waals surface area contributed by atoms with Crippen molar-refractivity contribution in [2.75, 3.05) is 26.7 Å². The summed E-state index contributed by atoms with van der Waals surface area (Å²) in [5.74, 6) is -0.692. The molecule has 0 spiro atoms. The van der Waals surface area contributed by atoms with E-state index in [1.165, 1.54) is 4.90 Å². The Morgan fingerprint density at radius 2 is 1.84 bits per heavy atom. The summed E-state index contributed by atoms with van der Waals surface area (Å²) in [5, 5.41) is 9.40. The molecular weight excluding hydrogens is 248 g/mol. The molecule has 0 bridgehead atoms. The lowest BCUT2D eigenvalue weighted by Gasteiger charge is -2.28. The van der Waals surface area contributed by atoms with Gasteiger partial charge in [-0.2, -0.15) is 0 Å². The molecule has 2 rings (SSSR count). The molecule has 0 radical (unpaired) electrons. The molecule has 0 saturated carbocycles. The maximum absolute atomic E-state index is 12.1. The molecule has 2 saturated heterocycles. The predicted octanol–water partition coefficient (Wildman–Crippen LogP) is 0.868. The first-order chi connectivity index (χ1) is 8.69. The number of nitrogens with zero attached hydrogens (tertiary/aromatic N) is 2. The van der Waals surface area contributed by atoms with Gasteiger partial charge in [0.05, 0.1) is 0 Å². The van der Waals surface area contributed by atoms with Crippen molar-refractivity contribution in [2.45, 2.75) is 32.4 Å². The summed E-state index contributed by atoms with van der Waals surface area (Å²) in [4.78, 5) is 27.1. The summed E-state index contributed by atoms with van der Waals surface area (Å²) in [6, 6.07) is -0.759. The lowest BCUT2D eigenvalue weighted by molar-refractivity contribution is -0.143. The van der Waals surface area contributed by atoms with Crippen molar-refractivity contribution in [2.24, 2.45) is 11.8 Å². The van der Waals surface area contributed by atoms with Crippen LogP contribution >= 0.6 is 0 Å². The molecule has 3 atom stereocenters. The van der Waals surface area contributed by atoms with Gasteiger partial charge >= 0.3 is 12.1 Å². The lowest BCUT2D eigenvalue weighted by Crippen LogP contribution is -2.46. The van der Waals surface area contributed by atoms with Crippen LogP contribution in [-0.4, -0.2) is 65.3 Å². The van der Waals surface area contributed by atoms with Gasteiger partial charge in [-0.05, 0) is 33.7 Å². The van der Waals surface area contributed by atoms with Gasteiger partial charge in [0.25, 0.3) is 0 Å². The maximum atomic E-state index is 12.1. The minimum Gasteiger partial charge on any atom is -0.480 e. The molecule has 6 heteroatoms. The highest BCUT2D eigenvalue weighted by Gasteiger charge is 2.52. The fourth-order valence-corrected chi connectivity index (χ4v) is 3.09. The molecule has 3 unspecified atom stereocenters. The van der Waals surface area contributed by atoms with Gasteiger partial charge in [-0.15, -0.1) is 0 Å². The number of carbonyl (C=O) groups is 2. The predicted molar refractivity (Wildman–Crippen MR) is 68.8 cm³/mol.